The second-order valence-electron chi connectivity index (χ2n) is 7.29. The Labute approximate surface area is 177 Å². The molecule has 1 atom stereocenters. The van der Waals surface area contributed by atoms with Gasteiger partial charge >= 0.3 is 6.18 Å². The van der Waals surface area contributed by atoms with Crippen LogP contribution >= 0.6 is 0 Å². The fourth-order valence-corrected chi connectivity index (χ4v) is 3.01. The van der Waals surface area contributed by atoms with E-state index in [1.807, 2.05) is 18.7 Å². The number of amides is 2. The number of piperazine rings is 1. The standard InChI is InChI=1S/C19H25F3N4O5/c1-3-13(2)23-17(27)11-24-6-8-25(9-7-24)18(28)15-10-14(31-12-19(20,21)22)4-5-16(15)26(29)30/h4-5,10,13H,3,6-9,11-12H2,1-2H3,(H,23,27). The van der Waals surface area contributed by atoms with E-state index in [0.29, 0.717) is 13.1 Å². The van der Waals surface area contributed by atoms with Gasteiger partial charge in [-0.25, -0.2) is 0 Å². The molecule has 1 aromatic carbocycles. The molecule has 1 aromatic rings. The van der Waals surface area contributed by atoms with Crippen LogP contribution in [0, 0.1) is 10.1 Å². The number of hydrogen-bond acceptors (Lipinski definition) is 6. The Morgan fingerprint density at radius 2 is 1.90 bits per heavy atom. The Morgan fingerprint density at radius 1 is 1.26 bits per heavy atom. The quantitative estimate of drug-likeness (QED) is 0.485. The Bertz CT molecular complexity index is 810. The number of hydrogen-bond donors (Lipinski definition) is 1. The van der Waals surface area contributed by atoms with Gasteiger partial charge in [0.15, 0.2) is 6.61 Å². The van der Waals surface area contributed by atoms with Crippen LogP contribution in [0.25, 0.3) is 0 Å². The first-order valence-electron chi connectivity index (χ1n) is 9.79. The third-order valence-electron chi connectivity index (χ3n) is 4.84. The van der Waals surface area contributed by atoms with E-state index in [4.69, 9.17) is 0 Å². The molecule has 0 bridgehead atoms. The molecule has 1 N–H and O–H groups in total. The summed E-state index contributed by atoms with van der Waals surface area (Å²) in [5, 5.41) is 14.1. The summed E-state index contributed by atoms with van der Waals surface area (Å²) in [4.78, 5) is 38.6. The average Bonchev–Trinajstić information content (AvgIpc) is 2.71. The van der Waals surface area contributed by atoms with Crippen LogP contribution in [-0.4, -0.2) is 78.1 Å². The SMILES string of the molecule is CCC(C)NC(=O)CN1CCN(C(=O)c2cc(OCC(F)(F)F)ccc2[N+](=O)[O-])CC1. The number of nitrogens with one attached hydrogen (secondary N) is 1. The molecule has 0 aromatic heterocycles. The van der Waals surface area contributed by atoms with Gasteiger partial charge in [-0.2, -0.15) is 13.2 Å². The molecular weight excluding hydrogens is 421 g/mol. The van der Waals surface area contributed by atoms with Crippen LogP contribution in [0.15, 0.2) is 18.2 Å². The molecule has 1 saturated heterocycles. The molecule has 9 nitrogen and oxygen atoms in total. The van der Waals surface area contributed by atoms with Gasteiger partial charge in [-0.15, -0.1) is 0 Å². The highest BCUT2D eigenvalue weighted by Gasteiger charge is 2.31. The molecule has 31 heavy (non-hydrogen) atoms. The average molecular weight is 446 g/mol. The van der Waals surface area contributed by atoms with Gasteiger partial charge in [0, 0.05) is 38.3 Å². The number of benzene rings is 1. The number of halogens is 3. The topological polar surface area (TPSA) is 105 Å². The molecule has 0 aliphatic carbocycles. The van der Waals surface area contributed by atoms with E-state index in [1.54, 1.807) is 0 Å². The van der Waals surface area contributed by atoms with Crippen LogP contribution in [0.4, 0.5) is 18.9 Å². The van der Waals surface area contributed by atoms with E-state index in [2.05, 4.69) is 10.1 Å². The summed E-state index contributed by atoms with van der Waals surface area (Å²) >= 11 is 0. The van der Waals surface area contributed by atoms with Gasteiger partial charge in [0.1, 0.15) is 11.3 Å². The zero-order valence-corrected chi connectivity index (χ0v) is 17.3. The van der Waals surface area contributed by atoms with Crippen molar-refractivity contribution in [3.63, 3.8) is 0 Å². The number of carbonyl (C=O) groups excluding carboxylic acids is 2. The molecule has 1 unspecified atom stereocenters. The number of rotatable bonds is 8. The minimum absolute atomic E-state index is 0.0581. The van der Waals surface area contributed by atoms with Crippen molar-refractivity contribution >= 4 is 17.5 Å². The van der Waals surface area contributed by atoms with Gasteiger partial charge in [-0.05, 0) is 25.5 Å². The zero-order chi connectivity index (χ0) is 23.2. The minimum atomic E-state index is -4.58. The predicted octanol–water partition coefficient (Wildman–Crippen LogP) is 2.21. The van der Waals surface area contributed by atoms with Gasteiger partial charge in [-0.3, -0.25) is 24.6 Å². The second-order valence-corrected chi connectivity index (χ2v) is 7.29. The number of ether oxygens (including phenoxy) is 1. The van der Waals surface area contributed by atoms with Gasteiger partial charge in [-0.1, -0.05) is 6.92 Å². The number of nitrogens with zero attached hydrogens (tertiary/aromatic N) is 3. The van der Waals surface area contributed by atoms with Crippen LogP contribution in [0.2, 0.25) is 0 Å². The van der Waals surface area contributed by atoms with Crippen molar-refractivity contribution in [3.8, 4) is 5.75 Å². The lowest BCUT2D eigenvalue weighted by Crippen LogP contribution is -2.51. The second kappa shape index (κ2) is 10.4. The Balaban J connectivity index is 2.04. The van der Waals surface area contributed by atoms with Crippen LogP contribution in [-0.2, 0) is 4.79 Å². The lowest BCUT2D eigenvalue weighted by atomic mass is 10.1. The van der Waals surface area contributed by atoms with Crippen molar-refractivity contribution in [2.45, 2.75) is 32.5 Å². The lowest BCUT2D eigenvalue weighted by Gasteiger charge is -2.34. The van der Waals surface area contributed by atoms with E-state index in [0.717, 1.165) is 24.6 Å². The number of carbonyl (C=O) groups is 2. The summed E-state index contributed by atoms with van der Waals surface area (Å²) < 4.78 is 41.7. The Hall–Kier alpha value is -2.89. The van der Waals surface area contributed by atoms with Crippen molar-refractivity contribution in [1.29, 1.82) is 0 Å². The molecule has 172 valence electrons. The van der Waals surface area contributed by atoms with E-state index >= 15 is 0 Å². The molecule has 12 heteroatoms. The number of alkyl halides is 3. The number of nitro benzene ring substituents is 1. The molecule has 2 rings (SSSR count). The van der Waals surface area contributed by atoms with Gasteiger partial charge in [0.25, 0.3) is 11.6 Å². The van der Waals surface area contributed by atoms with Crippen molar-refractivity contribution in [2.75, 3.05) is 39.3 Å². The van der Waals surface area contributed by atoms with Crippen molar-refractivity contribution in [2.24, 2.45) is 0 Å². The Kier molecular flexibility index (Phi) is 8.20. The summed E-state index contributed by atoms with van der Waals surface area (Å²) in [6.45, 7) is 3.67. The smallest absolute Gasteiger partial charge is 0.422 e. The summed E-state index contributed by atoms with van der Waals surface area (Å²) in [5.41, 5.74) is -0.854. The Morgan fingerprint density at radius 3 is 2.45 bits per heavy atom. The van der Waals surface area contributed by atoms with E-state index in [9.17, 15) is 32.9 Å². The summed E-state index contributed by atoms with van der Waals surface area (Å²) in [6, 6.07) is 2.99. The first kappa shape index (κ1) is 24.4. The highest BCUT2D eigenvalue weighted by Crippen LogP contribution is 2.27. The molecule has 1 aliphatic rings. The molecule has 0 saturated carbocycles. The van der Waals surface area contributed by atoms with E-state index in [-0.39, 0.29) is 42.9 Å². The normalized spacial score (nSPS) is 16.0. The lowest BCUT2D eigenvalue weighted by molar-refractivity contribution is -0.385. The van der Waals surface area contributed by atoms with Gasteiger partial charge in [0.05, 0.1) is 11.5 Å². The van der Waals surface area contributed by atoms with Crippen molar-refractivity contribution < 1.29 is 32.4 Å². The largest absolute Gasteiger partial charge is 0.484 e. The third-order valence-corrected chi connectivity index (χ3v) is 4.84. The summed E-state index contributed by atoms with van der Waals surface area (Å²) in [5.74, 6) is -1.08. The van der Waals surface area contributed by atoms with E-state index < -0.39 is 29.3 Å². The number of nitro groups is 1. The maximum absolute atomic E-state index is 12.8. The summed E-state index contributed by atoms with van der Waals surface area (Å²) in [7, 11) is 0. The van der Waals surface area contributed by atoms with Gasteiger partial charge in [0.2, 0.25) is 5.91 Å². The highest BCUT2D eigenvalue weighted by molar-refractivity contribution is 5.98. The van der Waals surface area contributed by atoms with Crippen LogP contribution in [0.5, 0.6) is 5.75 Å². The third kappa shape index (κ3) is 7.39. The monoisotopic (exact) mass is 446 g/mol. The molecule has 0 radical (unpaired) electrons. The maximum atomic E-state index is 12.8. The maximum Gasteiger partial charge on any atom is 0.422 e. The van der Waals surface area contributed by atoms with Crippen LogP contribution < -0.4 is 10.1 Å². The van der Waals surface area contributed by atoms with E-state index in [1.165, 1.54) is 4.90 Å². The molecular formula is C19H25F3N4O5. The first-order valence-corrected chi connectivity index (χ1v) is 9.79. The molecule has 1 fully saturated rings. The van der Waals surface area contributed by atoms with Gasteiger partial charge < -0.3 is 15.0 Å². The fourth-order valence-electron chi connectivity index (χ4n) is 3.01. The molecule has 0 spiro atoms. The summed E-state index contributed by atoms with van der Waals surface area (Å²) in [6.07, 6.45) is -3.78. The van der Waals surface area contributed by atoms with Crippen molar-refractivity contribution in [3.05, 3.63) is 33.9 Å². The fraction of sp³-hybridized carbons (Fsp3) is 0.579. The first-order chi connectivity index (χ1) is 14.5. The predicted molar refractivity (Wildman–Crippen MR) is 105 cm³/mol. The van der Waals surface area contributed by atoms with Crippen LogP contribution in [0.3, 0.4) is 0 Å². The zero-order valence-electron chi connectivity index (χ0n) is 17.3. The van der Waals surface area contributed by atoms with Crippen molar-refractivity contribution in [1.82, 2.24) is 15.1 Å². The molecule has 1 aliphatic heterocycles. The minimum Gasteiger partial charge on any atom is -0.484 e. The molecule has 2 amide bonds. The highest BCUT2D eigenvalue weighted by atomic mass is 19.4. The van der Waals surface area contributed by atoms with Crippen LogP contribution in [0.1, 0.15) is 30.6 Å². The molecule has 1 heterocycles.